The van der Waals surface area contributed by atoms with Gasteiger partial charge in [0.25, 0.3) is 0 Å². The first kappa shape index (κ1) is 12.6. The number of carbonyl (C=O) groups excluding carboxylic acids is 1. The average molecular weight is 224 g/mol. The van der Waals surface area contributed by atoms with Gasteiger partial charge < -0.3 is 21.3 Å². The predicted molar refractivity (Wildman–Crippen MR) is 59.9 cm³/mol. The zero-order valence-electron chi connectivity index (χ0n) is 9.05. The molecule has 0 aliphatic rings. The molecule has 0 fully saturated rings. The summed E-state index contributed by atoms with van der Waals surface area (Å²) in [5.41, 5.74) is 5.91. The van der Waals surface area contributed by atoms with Crippen LogP contribution in [-0.2, 0) is 0 Å². The van der Waals surface area contributed by atoms with Crippen molar-refractivity contribution in [3.8, 4) is 0 Å². The largest absolute Gasteiger partial charge is 0.389 e. The van der Waals surface area contributed by atoms with E-state index in [1.54, 1.807) is 25.2 Å². The molecule has 0 saturated heterocycles. The quantitative estimate of drug-likeness (QED) is 0.537. The van der Waals surface area contributed by atoms with Gasteiger partial charge in [-0.3, -0.25) is 4.79 Å². The Labute approximate surface area is 93.9 Å². The number of hydrogen-bond acceptors (Lipinski definition) is 4. The van der Waals surface area contributed by atoms with Crippen LogP contribution in [0.15, 0.2) is 24.3 Å². The Morgan fingerprint density at radius 1 is 1.50 bits per heavy atom. The molecule has 0 aromatic heterocycles. The molecule has 2 atom stereocenters. The van der Waals surface area contributed by atoms with Crippen molar-refractivity contribution in [2.75, 3.05) is 13.6 Å². The third-order valence-corrected chi connectivity index (χ3v) is 2.29. The molecular weight excluding hydrogens is 208 g/mol. The zero-order valence-corrected chi connectivity index (χ0v) is 9.05. The molecule has 0 saturated carbocycles. The minimum atomic E-state index is -1.04. The van der Waals surface area contributed by atoms with Gasteiger partial charge in [-0.1, -0.05) is 12.1 Å². The van der Waals surface area contributed by atoms with Crippen LogP contribution in [0.25, 0.3) is 0 Å². The lowest BCUT2D eigenvalue weighted by atomic mass is 10.0. The van der Waals surface area contributed by atoms with E-state index in [4.69, 9.17) is 5.73 Å². The summed E-state index contributed by atoms with van der Waals surface area (Å²) in [6, 6.07) is 6.29. The van der Waals surface area contributed by atoms with Crippen LogP contribution in [-0.4, -0.2) is 35.8 Å². The number of hydrogen-bond donors (Lipinski definition) is 4. The van der Waals surface area contributed by atoms with Crippen LogP contribution in [0.2, 0.25) is 0 Å². The standard InChI is InChI=1S/C11H16N2O3/c1-13-6-9(14)10(15)7-3-2-4-8(5-7)11(12)16/h2-5,9-10,13-15H,6H2,1H3,(H2,12,16). The van der Waals surface area contributed by atoms with Gasteiger partial charge in [0.2, 0.25) is 5.91 Å². The summed E-state index contributed by atoms with van der Waals surface area (Å²) in [5.74, 6) is -0.558. The number of primary amides is 1. The van der Waals surface area contributed by atoms with E-state index in [1.165, 1.54) is 6.07 Å². The second-order valence-electron chi connectivity index (χ2n) is 3.56. The van der Waals surface area contributed by atoms with Gasteiger partial charge in [0, 0.05) is 12.1 Å². The summed E-state index contributed by atoms with van der Waals surface area (Å²) in [5, 5.41) is 22.1. The van der Waals surface area contributed by atoms with Gasteiger partial charge in [0.05, 0.1) is 6.10 Å². The number of nitrogens with one attached hydrogen (secondary N) is 1. The molecule has 0 bridgehead atoms. The molecule has 1 amide bonds. The average Bonchev–Trinajstić information content (AvgIpc) is 2.28. The fourth-order valence-electron chi connectivity index (χ4n) is 1.42. The van der Waals surface area contributed by atoms with Gasteiger partial charge in [0.15, 0.2) is 0 Å². The maximum atomic E-state index is 10.9. The second kappa shape index (κ2) is 5.60. The van der Waals surface area contributed by atoms with Gasteiger partial charge in [-0.25, -0.2) is 0 Å². The van der Waals surface area contributed by atoms with E-state index >= 15 is 0 Å². The van der Waals surface area contributed by atoms with Crippen LogP contribution in [0.1, 0.15) is 22.0 Å². The minimum Gasteiger partial charge on any atom is -0.389 e. The normalized spacial score (nSPS) is 14.4. The molecule has 5 nitrogen and oxygen atoms in total. The summed E-state index contributed by atoms with van der Waals surface area (Å²) < 4.78 is 0. The van der Waals surface area contributed by atoms with E-state index < -0.39 is 18.1 Å². The van der Waals surface area contributed by atoms with E-state index in [1.807, 2.05) is 0 Å². The number of carbonyl (C=O) groups is 1. The highest BCUT2D eigenvalue weighted by atomic mass is 16.3. The van der Waals surface area contributed by atoms with Gasteiger partial charge in [0.1, 0.15) is 6.10 Å². The van der Waals surface area contributed by atoms with E-state index in [2.05, 4.69) is 5.32 Å². The smallest absolute Gasteiger partial charge is 0.248 e. The number of rotatable bonds is 5. The van der Waals surface area contributed by atoms with E-state index in [0.717, 1.165) is 0 Å². The third kappa shape index (κ3) is 3.03. The van der Waals surface area contributed by atoms with Gasteiger partial charge >= 0.3 is 0 Å². The Balaban J connectivity index is 2.86. The first-order valence-electron chi connectivity index (χ1n) is 4.96. The number of amides is 1. The molecule has 5 heteroatoms. The summed E-state index contributed by atoms with van der Waals surface area (Å²) in [6.07, 6.45) is -1.96. The maximum Gasteiger partial charge on any atom is 0.248 e. The Morgan fingerprint density at radius 2 is 2.19 bits per heavy atom. The highest BCUT2D eigenvalue weighted by molar-refractivity contribution is 5.92. The lowest BCUT2D eigenvalue weighted by molar-refractivity contribution is 0.0202. The zero-order chi connectivity index (χ0) is 12.1. The molecule has 2 unspecified atom stereocenters. The second-order valence-corrected chi connectivity index (χ2v) is 3.56. The van der Waals surface area contributed by atoms with Crippen LogP contribution < -0.4 is 11.1 Å². The van der Waals surface area contributed by atoms with Gasteiger partial charge in [-0.15, -0.1) is 0 Å². The SMILES string of the molecule is CNCC(O)C(O)c1cccc(C(N)=O)c1. The van der Waals surface area contributed by atoms with E-state index in [0.29, 0.717) is 11.1 Å². The fraction of sp³-hybridized carbons (Fsp3) is 0.364. The molecule has 1 rings (SSSR count). The van der Waals surface area contributed by atoms with Crippen molar-refractivity contribution in [3.63, 3.8) is 0 Å². The molecule has 1 aromatic rings. The summed E-state index contributed by atoms with van der Waals surface area (Å²) in [6.45, 7) is 0.266. The summed E-state index contributed by atoms with van der Waals surface area (Å²) in [4.78, 5) is 10.9. The predicted octanol–water partition coefficient (Wildman–Crippen LogP) is -0.601. The number of aliphatic hydroxyl groups is 2. The minimum absolute atomic E-state index is 0.266. The molecule has 0 aliphatic carbocycles. The van der Waals surface area contributed by atoms with Crippen molar-refractivity contribution < 1.29 is 15.0 Å². The van der Waals surface area contributed by atoms with Crippen molar-refractivity contribution in [2.24, 2.45) is 5.73 Å². The number of likely N-dealkylation sites (N-methyl/N-ethyl adjacent to an activating group) is 1. The lowest BCUT2D eigenvalue weighted by Crippen LogP contribution is -2.29. The molecule has 88 valence electrons. The maximum absolute atomic E-state index is 10.9. The van der Waals surface area contributed by atoms with E-state index in [-0.39, 0.29) is 6.54 Å². The highest BCUT2D eigenvalue weighted by Crippen LogP contribution is 2.17. The third-order valence-electron chi connectivity index (χ3n) is 2.29. The lowest BCUT2D eigenvalue weighted by Gasteiger charge is -2.18. The fourth-order valence-corrected chi connectivity index (χ4v) is 1.42. The summed E-state index contributed by atoms with van der Waals surface area (Å²) >= 11 is 0. The van der Waals surface area contributed by atoms with Crippen molar-refractivity contribution in [1.29, 1.82) is 0 Å². The molecule has 0 aliphatic heterocycles. The van der Waals surface area contributed by atoms with Crippen LogP contribution in [0, 0.1) is 0 Å². The Hall–Kier alpha value is -1.43. The first-order valence-corrected chi connectivity index (χ1v) is 4.96. The number of aliphatic hydroxyl groups excluding tert-OH is 2. The van der Waals surface area contributed by atoms with Crippen LogP contribution in [0.4, 0.5) is 0 Å². The van der Waals surface area contributed by atoms with Gasteiger partial charge in [-0.05, 0) is 24.7 Å². The molecular formula is C11H16N2O3. The van der Waals surface area contributed by atoms with Crippen molar-refractivity contribution in [3.05, 3.63) is 35.4 Å². The molecule has 0 radical (unpaired) electrons. The molecule has 16 heavy (non-hydrogen) atoms. The number of benzene rings is 1. The topological polar surface area (TPSA) is 95.6 Å². The first-order chi connectivity index (χ1) is 7.56. The molecule has 1 aromatic carbocycles. The highest BCUT2D eigenvalue weighted by Gasteiger charge is 2.18. The Morgan fingerprint density at radius 3 is 2.75 bits per heavy atom. The van der Waals surface area contributed by atoms with Crippen molar-refractivity contribution in [1.82, 2.24) is 5.32 Å². The number of nitrogens with two attached hydrogens (primary N) is 1. The van der Waals surface area contributed by atoms with Crippen LogP contribution in [0.3, 0.4) is 0 Å². The van der Waals surface area contributed by atoms with Crippen LogP contribution in [0.5, 0.6) is 0 Å². The van der Waals surface area contributed by atoms with Crippen molar-refractivity contribution >= 4 is 5.91 Å². The Kier molecular flexibility index (Phi) is 4.42. The monoisotopic (exact) mass is 224 g/mol. The molecule has 5 N–H and O–H groups in total. The summed E-state index contributed by atoms with van der Waals surface area (Å²) in [7, 11) is 1.68. The molecule has 0 spiro atoms. The van der Waals surface area contributed by atoms with Crippen molar-refractivity contribution in [2.45, 2.75) is 12.2 Å². The Bertz CT molecular complexity index is 368. The molecule has 0 heterocycles. The van der Waals surface area contributed by atoms with E-state index in [9.17, 15) is 15.0 Å². The van der Waals surface area contributed by atoms with Crippen LogP contribution >= 0.6 is 0 Å². The van der Waals surface area contributed by atoms with Gasteiger partial charge in [-0.2, -0.15) is 0 Å².